The molecule has 8 heteroatoms. The van der Waals surface area contributed by atoms with Crippen molar-refractivity contribution in [3.05, 3.63) is 53.1 Å². The lowest BCUT2D eigenvalue weighted by Crippen LogP contribution is -2.16. The Morgan fingerprint density at radius 1 is 1.12 bits per heavy atom. The number of aromatic amines is 1. The molecule has 1 N–H and O–H groups in total. The van der Waals surface area contributed by atoms with Crippen LogP contribution in [0.2, 0.25) is 5.02 Å². The summed E-state index contributed by atoms with van der Waals surface area (Å²) in [5.74, 6) is 2.12. The summed E-state index contributed by atoms with van der Waals surface area (Å²) in [6, 6.07) is 12.5. The van der Waals surface area contributed by atoms with E-state index in [1.165, 1.54) is 11.8 Å². The number of nitrogens with one attached hydrogen (secondary N) is 1. The molecule has 0 unspecified atom stereocenters. The fourth-order valence-electron chi connectivity index (χ4n) is 2.48. The number of carbonyl (C=O) groups excluding carboxylic acids is 1. The van der Waals surface area contributed by atoms with Gasteiger partial charge in [-0.3, -0.25) is 9.89 Å². The number of hydrogen-bond acceptors (Lipinski definition) is 6. The molecule has 0 aliphatic carbocycles. The van der Waals surface area contributed by atoms with E-state index in [9.17, 15) is 4.79 Å². The molecule has 0 saturated carbocycles. The van der Waals surface area contributed by atoms with E-state index in [1.54, 1.807) is 30.3 Å². The molecule has 1 aromatic heterocycles. The Balaban J connectivity index is 1.41. The molecule has 0 bridgehead atoms. The highest BCUT2D eigenvalue weighted by atomic mass is 35.5. The van der Waals surface area contributed by atoms with Gasteiger partial charge in [-0.05, 0) is 42.5 Å². The lowest BCUT2D eigenvalue weighted by Gasteiger charge is -2.18. The van der Waals surface area contributed by atoms with Gasteiger partial charge in [0.1, 0.15) is 13.2 Å². The predicted molar refractivity (Wildman–Crippen MR) is 99.3 cm³/mol. The van der Waals surface area contributed by atoms with E-state index in [0.29, 0.717) is 46.3 Å². The lowest BCUT2D eigenvalue weighted by atomic mass is 10.1. The first-order chi connectivity index (χ1) is 12.7. The second-order valence-electron chi connectivity index (χ2n) is 5.54. The van der Waals surface area contributed by atoms with Gasteiger partial charge in [-0.25, -0.2) is 4.98 Å². The Kier molecular flexibility index (Phi) is 4.81. The van der Waals surface area contributed by atoms with Gasteiger partial charge in [0, 0.05) is 16.1 Å². The van der Waals surface area contributed by atoms with Crippen molar-refractivity contribution in [2.45, 2.75) is 5.16 Å². The third kappa shape index (κ3) is 3.68. The second kappa shape index (κ2) is 7.39. The SMILES string of the molecule is O=C(CSc1n[nH]c(-c2ccc(Cl)cc2)n1)c1ccc2c(c1)OCCO2. The van der Waals surface area contributed by atoms with Gasteiger partial charge in [-0.1, -0.05) is 23.4 Å². The highest BCUT2D eigenvalue weighted by Crippen LogP contribution is 2.31. The summed E-state index contributed by atoms with van der Waals surface area (Å²) < 4.78 is 11.0. The van der Waals surface area contributed by atoms with E-state index >= 15 is 0 Å². The smallest absolute Gasteiger partial charge is 0.209 e. The molecule has 6 nitrogen and oxygen atoms in total. The second-order valence-corrected chi connectivity index (χ2v) is 6.92. The van der Waals surface area contributed by atoms with E-state index in [-0.39, 0.29) is 11.5 Å². The maximum atomic E-state index is 12.4. The van der Waals surface area contributed by atoms with Crippen molar-refractivity contribution in [2.24, 2.45) is 0 Å². The van der Waals surface area contributed by atoms with E-state index in [1.807, 2.05) is 12.1 Å². The van der Waals surface area contributed by atoms with Crippen LogP contribution in [0.4, 0.5) is 0 Å². The van der Waals surface area contributed by atoms with Crippen LogP contribution < -0.4 is 9.47 Å². The maximum absolute atomic E-state index is 12.4. The first-order valence-electron chi connectivity index (χ1n) is 7.93. The molecule has 0 fully saturated rings. The van der Waals surface area contributed by atoms with Crippen LogP contribution in [0.15, 0.2) is 47.6 Å². The number of hydrogen-bond donors (Lipinski definition) is 1. The lowest BCUT2D eigenvalue weighted by molar-refractivity contribution is 0.102. The molecule has 0 spiro atoms. The topological polar surface area (TPSA) is 77.1 Å². The minimum atomic E-state index is -0.0233. The number of nitrogens with zero attached hydrogens (tertiary/aromatic N) is 2. The van der Waals surface area contributed by atoms with Gasteiger partial charge >= 0.3 is 0 Å². The van der Waals surface area contributed by atoms with Crippen LogP contribution >= 0.6 is 23.4 Å². The highest BCUT2D eigenvalue weighted by Gasteiger charge is 2.16. The van der Waals surface area contributed by atoms with Crippen LogP contribution in [0, 0.1) is 0 Å². The number of thioether (sulfide) groups is 1. The summed E-state index contributed by atoms with van der Waals surface area (Å²) in [7, 11) is 0. The number of ether oxygens (including phenoxy) is 2. The Bertz CT molecular complexity index is 943. The molecule has 0 atom stereocenters. The fourth-order valence-corrected chi connectivity index (χ4v) is 3.30. The summed E-state index contributed by atoms with van der Waals surface area (Å²) >= 11 is 7.17. The molecule has 0 saturated heterocycles. The van der Waals surface area contributed by atoms with Crippen molar-refractivity contribution in [1.82, 2.24) is 15.2 Å². The first-order valence-corrected chi connectivity index (χ1v) is 9.29. The fraction of sp³-hybridized carbons (Fsp3) is 0.167. The van der Waals surface area contributed by atoms with Crippen LogP contribution in [0.3, 0.4) is 0 Å². The van der Waals surface area contributed by atoms with Crippen molar-refractivity contribution < 1.29 is 14.3 Å². The van der Waals surface area contributed by atoms with Crippen LogP contribution in [0.1, 0.15) is 10.4 Å². The van der Waals surface area contributed by atoms with Crippen LogP contribution in [-0.2, 0) is 0 Å². The van der Waals surface area contributed by atoms with Gasteiger partial charge < -0.3 is 9.47 Å². The van der Waals surface area contributed by atoms with Crippen molar-refractivity contribution in [3.63, 3.8) is 0 Å². The number of halogens is 1. The van der Waals surface area contributed by atoms with E-state index in [4.69, 9.17) is 21.1 Å². The number of carbonyl (C=O) groups is 1. The summed E-state index contributed by atoms with van der Waals surface area (Å²) in [6.45, 7) is 1.01. The number of rotatable bonds is 5. The zero-order valence-electron chi connectivity index (χ0n) is 13.6. The maximum Gasteiger partial charge on any atom is 0.209 e. The zero-order chi connectivity index (χ0) is 17.9. The Morgan fingerprint density at radius 3 is 2.69 bits per heavy atom. The quantitative estimate of drug-likeness (QED) is 0.529. The molecule has 26 heavy (non-hydrogen) atoms. The Hall–Kier alpha value is -2.51. The molecular weight excluding hydrogens is 374 g/mol. The van der Waals surface area contributed by atoms with Crippen molar-refractivity contribution in [1.29, 1.82) is 0 Å². The molecule has 2 heterocycles. The summed E-state index contributed by atoms with van der Waals surface area (Å²) in [6.07, 6.45) is 0. The minimum absolute atomic E-state index is 0.0233. The number of fused-ring (bicyclic) bond motifs is 1. The molecule has 3 aromatic rings. The standard InChI is InChI=1S/C18H14ClN3O3S/c19-13-4-1-11(2-5-13)17-20-18(22-21-17)26-10-14(23)12-3-6-15-16(9-12)25-8-7-24-15/h1-6,9H,7-8,10H2,(H,20,21,22). The first kappa shape index (κ1) is 16.9. The monoisotopic (exact) mass is 387 g/mol. The number of benzene rings is 2. The van der Waals surface area contributed by atoms with E-state index in [0.717, 1.165) is 5.56 Å². The van der Waals surface area contributed by atoms with Crippen LogP contribution in [0.5, 0.6) is 11.5 Å². The molecule has 0 radical (unpaired) electrons. The average molecular weight is 388 g/mol. The predicted octanol–water partition coefficient (Wildman–Crippen LogP) is 3.87. The van der Waals surface area contributed by atoms with Gasteiger partial charge in [-0.15, -0.1) is 5.10 Å². The number of Topliss-reactive ketones (excluding diaryl/α,β-unsaturated/α-hetero) is 1. The summed E-state index contributed by atoms with van der Waals surface area (Å²) in [4.78, 5) is 16.8. The van der Waals surface area contributed by atoms with Gasteiger partial charge in [0.2, 0.25) is 5.16 Å². The van der Waals surface area contributed by atoms with Crippen molar-refractivity contribution >= 4 is 29.1 Å². The molecule has 132 valence electrons. The van der Waals surface area contributed by atoms with Crippen molar-refractivity contribution in [2.75, 3.05) is 19.0 Å². The zero-order valence-corrected chi connectivity index (χ0v) is 15.1. The summed E-state index contributed by atoms with van der Waals surface area (Å²) in [5.41, 5.74) is 1.46. The van der Waals surface area contributed by atoms with E-state index in [2.05, 4.69) is 15.2 Å². The number of ketones is 1. The Morgan fingerprint density at radius 2 is 1.88 bits per heavy atom. The van der Waals surface area contributed by atoms with Gasteiger partial charge in [0.15, 0.2) is 23.1 Å². The van der Waals surface area contributed by atoms with Gasteiger partial charge in [0.25, 0.3) is 0 Å². The molecule has 4 rings (SSSR count). The average Bonchev–Trinajstić information content (AvgIpc) is 3.15. The number of aromatic nitrogens is 3. The normalized spacial score (nSPS) is 12.8. The van der Waals surface area contributed by atoms with Crippen molar-refractivity contribution in [3.8, 4) is 22.9 Å². The summed E-state index contributed by atoms with van der Waals surface area (Å²) in [5, 5.41) is 8.20. The van der Waals surface area contributed by atoms with Gasteiger partial charge in [0.05, 0.1) is 5.75 Å². The third-order valence-electron chi connectivity index (χ3n) is 3.78. The molecule has 1 aliphatic rings. The number of H-pyrrole nitrogens is 1. The molecular formula is C18H14ClN3O3S. The van der Waals surface area contributed by atoms with Gasteiger partial charge in [-0.2, -0.15) is 0 Å². The molecule has 2 aromatic carbocycles. The largest absolute Gasteiger partial charge is 0.486 e. The highest BCUT2D eigenvalue weighted by molar-refractivity contribution is 7.99. The van der Waals surface area contributed by atoms with E-state index < -0.39 is 0 Å². The third-order valence-corrected chi connectivity index (χ3v) is 4.88. The molecule has 0 amide bonds. The van der Waals surface area contributed by atoms with Crippen LogP contribution in [0.25, 0.3) is 11.4 Å². The minimum Gasteiger partial charge on any atom is -0.486 e. The van der Waals surface area contributed by atoms with Crippen LogP contribution in [-0.4, -0.2) is 39.9 Å². The Labute approximate surface area is 158 Å². The molecule has 1 aliphatic heterocycles.